The fraction of sp³-hybridized carbons (Fsp3) is 0.818. The van der Waals surface area contributed by atoms with Gasteiger partial charge in [-0.05, 0) is 18.9 Å². The molecule has 0 amide bonds. The second-order valence-electron chi connectivity index (χ2n) is 4.64. The van der Waals surface area contributed by atoms with Gasteiger partial charge in [0, 0.05) is 18.5 Å². The van der Waals surface area contributed by atoms with Crippen molar-refractivity contribution in [1.29, 1.82) is 0 Å². The predicted molar refractivity (Wildman–Crippen MR) is 55.0 cm³/mol. The van der Waals surface area contributed by atoms with Crippen LogP contribution in [0.2, 0.25) is 0 Å². The summed E-state index contributed by atoms with van der Waals surface area (Å²) >= 11 is 0. The molecule has 3 nitrogen and oxygen atoms in total. The van der Waals surface area contributed by atoms with Crippen molar-refractivity contribution in [1.82, 2.24) is 5.32 Å². The van der Waals surface area contributed by atoms with Crippen molar-refractivity contribution in [2.75, 3.05) is 26.3 Å². The predicted octanol–water partition coefficient (Wildman–Crippen LogP) is 1.31. The second kappa shape index (κ2) is 4.32. The molecule has 0 bridgehead atoms. The maximum absolute atomic E-state index is 5.47. The summed E-state index contributed by atoms with van der Waals surface area (Å²) in [5.41, 5.74) is 0.366. The van der Waals surface area contributed by atoms with Gasteiger partial charge in [-0.15, -0.1) is 0 Å². The normalized spacial score (nSPS) is 29.4. The van der Waals surface area contributed by atoms with Gasteiger partial charge in [-0.3, -0.25) is 0 Å². The van der Waals surface area contributed by atoms with Gasteiger partial charge in [0.2, 0.25) is 0 Å². The summed E-state index contributed by atoms with van der Waals surface area (Å²) < 4.78 is 10.7. The summed E-state index contributed by atoms with van der Waals surface area (Å²) in [4.78, 5) is 0. The molecule has 2 aliphatic heterocycles. The fourth-order valence-electron chi connectivity index (χ4n) is 1.82. The van der Waals surface area contributed by atoms with Crippen molar-refractivity contribution in [3.8, 4) is 0 Å². The third kappa shape index (κ3) is 2.49. The maximum atomic E-state index is 5.47. The van der Waals surface area contributed by atoms with Crippen molar-refractivity contribution in [3.63, 3.8) is 0 Å². The molecule has 2 aliphatic rings. The van der Waals surface area contributed by atoms with Crippen molar-refractivity contribution in [3.05, 3.63) is 12.3 Å². The largest absolute Gasteiger partial charge is 0.497 e. The van der Waals surface area contributed by atoms with Gasteiger partial charge in [0.05, 0.1) is 19.5 Å². The van der Waals surface area contributed by atoms with E-state index >= 15 is 0 Å². The van der Waals surface area contributed by atoms with Crippen molar-refractivity contribution >= 4 is 0 Å². The highest BCUT2D eigenvalue weighted by Gasteiger charge is 2.32. The molecule has 0 aliphatic carbocycles. The number of nitrogens with one attached hydrogen (secondary N) is 1. The Hall–Kier alpha value is -0.540. The zero-order valence-corrected chi connectivity index (χ0v) is 8.79. The minimum absolute atomic E-state index is 0.365. The standard InChI is InChI=1S/C11H19NO2/c1-11(8-13-9-11)7-12-6-10-4-2-3-5-14-10/h3,5,10,12H,2,4,6-9H2,1H3. The Morgan fingerprint density at radius 3 is 2.93 bits per heavy atom. The number of ether oxygens (including phenoxy) is 2. The summed E-state index contributed by atoms with van der Waals surface area (Å²) in [6.45, 7) is 6.04. The van der Waals surface area contributed by atoms with Crippen molar-refractivity contribution in [2.45, 2.75) is 25.9 Å². The van der Waals surface area contributed by atoms with Gasteiger partial charge < -0.3 is 14.8 Å². The Bertz CT molecular complexity index is 211. The summed E-state index contributed by atoms with van der Waals surface area (Å²) in [7, 11) is 0. The van der Waals surface area contributed by atoms with E-state index < -0.39 is 0 Å². The van der Waals surface area contributed by atoms with E-state index in [1.807, 2.05) is 6.26 Å². The monoisotopic (exact) mass is 197 g/mol. The molecular formula is C11H19NO2. The van der Waals surface area contributed by atoms with Gasteiger partial charge in [0.15, 0.2) is 0 Å². The Morgan fingerprint density at radius 2 is 2.36 bits per heavy atom. The first-order chi connectivity index (χ1) is 6.79. The highest BCUT2D eigenvalue weighted by atomic mass is 16.5. The molecule has 0 aromatic heterocycles. The third-order valence-electron chi connectivity index (χ3n) is 2.85. The van der Waals surface area contributed by atoms with Crippen LogP contribution < -0.4 is 5.32 Å². The minimum atomic E-state index is 0.365. The van der Waals surface area contributed by atoms with E-state index in [0.717, 1.165) is 39.1 Å². The molecular weight excluding hydrogens is 178 g/mol. The third-order valence-corrected chi connectivity index (χ3v) is 2.85. The zero-order valence-electron chi connectivity index (χ0n) is 8.79. The molecule has 3 heteroatoms. The molecule has 1 saturated heterocycles. The molecule has 80 valence electrons. The van der Waals surface area contributed by atoms with Crippen LogP contribution in [0.15, 0.2) is 12.3 Å². The number of hydrogen-bond donors (Lipinski definition) is 1. The topological polar surface area (TPSA) is 30.5 Å². The summed E-state index contributed by atoms with van der Waals surface area (Å²) in [6.07, 6.45) is 6.55. The van der Waals surface area contributed by atoms with Crippen LogP contribution in [0, 0.1) is 5.41 Å². The van der Waals surface area contributed by atoms with Gasteiger partial charge in [-0.2, -0.15) is 0 Å². The van der Waals surface area contributed by atoms with Crippen LogP contribution >= 0.6 is 0 Å². The molecule has 1 atom stereocenters. The maximum Gasteiger partial charge on any atom is 0.110 e. The molecule has 1 unspecified atom stereocenters. The van der Waals surface area contributed by atoms with E-state index in [2.05, 4.69) is 18.3 Å². The van der Waals surface area contributed by atoms with Crippen LogP contribution in [-0.4, -0.2) is 32.4 Å². The Balaban J connectivity index is 1.60. The lowest BCUT2D eigenvalue weighted by molar-refractivity contribution is -0.0997. The lowest BCUT2D eigenvalue weighted by atomic mass is 9.89. The lowest BCUT2D eigenvalue weighted by Gasteiger charge is -2.38. The molecule has 14 heavy (non-hydrogen) atoms. The Morgan fingerprint density at radius 1 is 1.50 bits per heavy atom. The van der Waals surface area contributed by atoms with E-state index in [1.54, 1.807) is 0 Å². The summed E-state index contributed by atoms with van der Waals surface area (Å²) in [6, 6.07) is 0. The number of rotatable bonds is 4. The summed E-state index contributed by atoms with van der Waals surface area (Å²) in [5, 5.41) is 3.46. The SMILES string of the molecule is CC1(CNCC2CCC=CO2)COC1. The van der Waals surface area contributed by atoms with E-state index in [9.17, 15) is 0 Å². The smallest absolute Gasteiger partial charge is 0.110 e. The average Bonchev–Trinajstić information content (AvgIpc) is 2.17. The molecule has 1 N–H and O–H groups in total. The molecule has 0 aromatic carbocycles. The first-order valence-electron chi connectivity index (χ1n) is 5.37. The quantitative estimate of drug-likeness (QED) is 0.737. The molecule has 2 rings (SSSR count). The first-order valence-corrected chi connectivity index (χ1v) is 5.37. The van der Waals surface area contributed by atoms with Crippen LogP contribution in [0.4, 0.5) is 0 Å². The van der Waals surface area contributed by atoms with Gasteiger partial charge in [-0.1, -0.05) is 6.92 Å². The first kappa shape index (κ1) is 9.99. The van der Waals surface area contributed by atoms with Gasteiger partial charge in [-0.25, -0.2) is 0 Å². The number of hydrogen-bond acceptors (Lipinski definition) is 3. The molecule has 2 heterocycles. The molecule has 0 aromatic rings. The summed E-state index contributed by atoms with van der Waals surface area (Å²) in [5.74, 6) is 0. The molecule has 0 radical (unpaired) electrons. The Kier molecular flexibility index (Phi) is 3.08. The van der Waals surface area contributed by atoms with E-state index in [-0.39, 0.29) is 0 Å². The van der Waals surface area contributed by atoms with Crippen LogP contribution in [-0.2, 0) is 9.47 Å². The van der Waals surface area contributed by atoms with Crippen molar-refractivity contribution < 1.29 is 9.47 Å². The van der Waals surface area contributed by atoms with Crippen molar-refractivity contribution in [2.24, 2.45) is 5.41 Å². The Labute approximate surface area is 85.5 Å². The van der Waals surface area contributed by atoms with E-state index in [4.69, 9.17) is 9.47 Å². The lowest BCUT2D eigenvalue weighted by Crippen LogP contribution is -2.48. The van der Waals surface area contributed by atoms with Crippen LogP contribution in [0.3, 0.4) is 0 Å². The van der Waals surface area contributed by atoms with Crippen LogP contribution in [0.1, 0.15) is 19.8 Å². The van der Waals surface area contributed by atoms with E-state index in [0.29, 0.717) is 11.5 Å². The average molecular weight is 197 g/mol. The van der Waals surface area contributed by atoms with Crippen LogP contribution in [0.5, 0.6) is 0 Å². The molecule has 0 saturated carbocycles. The van der Waals surface area contributed by atoms with E-state index in [1.165, 1.54) is 0 Å². The molecule has 1 fully saturated rings. The fourth-order valence-corrected chi connectivity index (χ4v) is 1.82. The zero-order chi connectivity index (χ0) is 9.86. The van der Waals surface area contributed by atoms with Gasteiger partial charge in [0.25, 0.3) is 0 Å². The molecule has 0 spiro atoms. The number of allylic oxidation sites excluding steroid dienone is 1. The van der Waals surface area contributed by atoms with Gasteiger partial charge >= 0.3 is 0 Å². The second-order valence-corrected chi connectivity index (χ2v) is 4.64. The van der Waals surface area contributed by atoms with Gasteiger partial charge in [0.1, 0.15) is 6.10 Å². The minimum Gasteiger partial charge on any atom is -0.497 e. The highest BCUT2D eigenvalue weighted by Crippen LogP contribution is 2.25. The van der Waals surface area contributed by atoms with Crippen LogP contribution in [0.25, 0.3) is 0 Å². The highest BCUT2D eigenvalue weighted by molar-refractivity contribution is 4.86.